The van der Waals surface area contributed by atoms with Crippen LogP contribution in [0.4, 0.5) is 10.2 Å². The Morgan fingerprint density at radius 3 is 2.77 bits per heavy atom. The summed E-state index contributed by atoms with van der Waals surface area (Å²) >= 11 is 1.33. The number of anilines is 1. The van der Waals surface area contributed by atoms with Crippen molar-refractivity contribution in [3.05, 3.63) is 83.0 Å². The van der Waals surface area contributed by atoms with Gasteiger partial charge in [0.25, 0.3) is 5.91 Å². The molecule has 128 valence electrons. The van der Waals surface area contributed by atoms with Gasteiger partial charge in [0.1, 0.15) is 18.0 Å². The molecule has 1 aromatic carbocycles. The number of amides is 1. The second kappa shape index (κ2) is 6.97. The summed E-state index contributed by atoms with van der Waals surface area (Å²) in [7, 11) is 0. The van der Waals surface area contributed by atoms with Gasteiger partial charge in [0.15, 0.2) is 0 Å². The normalized spacial score (nSPS) is 10.8. The van der Waals surface area contributed by atoms with E-state index in [1.165, 1.54) is 29.8 Å². The van der Waals surface area contributed by atoms with Crippen molar-refractivity contribution in [2.45, 2.75) is 6.42 Å². The van der Waals surface area contributed by atoms with Crippen LogP contribution < -0.4 is 5.32 Å². The highest BCUT2D eigenvalue weighted by atomic mass is 32.1. The maximum Gasteiger partial charge on any atom is 0.266 e. The molecule has 4 rings (SSSR count). The Hall–Kier alpha value is -3.19. The van der Waals surface area contributed by atoms with E-state index in [0.717, 1.165) is 21.3 Å². The molecule has 0 saturated heterocycles. The molecular weight excluding hydrogens is 351 g/mol. The average Bonchev–Trinajstić information content (AvgIpc) is 3.08. The molecule has 4 aromatic rings. The summed E-state index contributed by atoms with van der Waals surface area (Å²) in [6.07, 6.45) is 5.39. The fourth-order valence-corrected chi connectivity index (χ4v) is 3.44. The van der Waals surface area contributed by atoms with E-state index in [1.807, 2.05) is 12.1 Å². The fraction of sp³-hybridized carbons (Fsp3) is 0.0526. The number of benzene rings is 1. The van der Waals surface area contributed by atoms with Crippen LogP contribution in [0.1, 0.15) is 20.8 Å². The largest absolute Gasteiger partial charge is 0.306 e. The average molecular weight is 364 g/mol. The summed E-state index contributed by atoms with van der Waals surface area (Å²) in [6, 6.07) is 11.8. The summed E-state index contributed by atoms with van der Waals surface area (Å²) in [4.78, 5) is 25.3. The second-order valence-corrected chi connectivity index (χ2v) is 6.78. The van der Waals surface area contributed by atoms with Crippen molar-refractivity contribution in [1.29, 1.82) is 0 Å². The highest BCUT2D eigenvalue weighted by Crippen LogP contribution is 2.23. The number of thiophene rings is 1. The van der Waals surface area contributed by atoms with E-state index in [2.05, 4.69) is 20.3 Å². The number of fused-ring (bicyclic) bond motifs is 1. The van der Waals surface area contributed by atoms with Gasteiger partial charge >= 0.3 is 0 Å². The van der Waals surface area contributed by atoms with Crippen LogP contribution in [0.5, 0.6) is 0 Å². The lowest BCUT2D eigenvalue weighted by atomic mass is 10.1. The Morgan fingerprint density at radius 1 is 1.08 bits per heavy atom. The first-order chi connectivity index (χ1) is 12.7. The number of nitrogens with one attached hydrogen (secondary N) is 1. The Morgan fingerprint density at radius 2 is 2.00 bits per heavy atom. The maximum atomic E-state index is 13.2. The molecule has 7 heteroatoms. The standard InChI is InChI=1S/C19H13FN4OS/c20-14-3-1-2-12(7-14)6-13-4-5-18(22-9-13)24-19(25)16-8-15-17(26-16)10-21-11-23-15/h1-5,7-11H,6H2,(H,22,24,25). The maximum absolute atomic E-state index is 13.2. The Labute approximate surface area is 152 Å². The van der Waals surface area contributed by atoms with Crippen molar-refractivity contribution < 1.29 is 9.18 Å². The van der Waals surface area contributed by atoms with Gasteiger partial charge in [0, 0.05) is 12.4 Å². The molecule has 0 spiro atoms. The molecule has 3 aromatic heterocycles. The predicted octanol–water partition coefficient (Wildman–Crippen LogP) is 4.07. The van der Waals surface area contributed by atoms with Crippen LogP contribution in [0.3, 0.4) is 0 Å². The summed E-state index contributed by atoms with van der Waals surface area (Å²) in [5.41, 5.74) is 2.55. The first-order valence-electron chi connectivity index (χ1n) is 7.88. The van der Waals surface area contributed by atoms with Gasteiger partial charge in [-0.3, -0.25) is 4.79 Å². The van der Waals surface area contributed by atoms with Gasteiger partial charge in [-0.05, 0) is 41.8 Å². The van der Waals surface area contributed by atoms with E-state index in [1.54, 1.807) is 30.6 Å². The monoisotopic (exact) mass is 364 g/mol. The third-order valence-corrected chi connectivity index (χ3v) is 4.84. The zero-order valence-electron chi connectivity index (χ0n) is 13.5. The molecular formula is C19H13FN4OS. The lowest BCUT2D eigenvalue weighted by molar-refractivity contribution is 0.103. The number of halogens is 1. The number of hydrogen-bond acceptors (Lipinski definition) is 5. The first kappa shape index (κ1) is 16.3. The molecule has 0 radical (unpaired) electrons. The lowest BCUT2D eigenvalue weighted by Crippen LogP contribution is -2.11. The van der Waals surface area contributed by atoms with Crippen molar-refractivity contribution in [2.75, 3.05) is 5.32 Å². The summed E-state index contributed by atoms with van der Waals surface area (Å²) in [5.74, 6) is -0.0349. The molecule has 3 heterocycles. The topological polar surface area (TPSA) is 67.8 Å². The smallest absolute Gasteiger partial charge is 0.266 e. The molecule has 0 aliphatic rings. The Balaban J connectivity index is 1.45. The molecule has 1 N–H and O–H groups in total. The van der Waals surface area contributed by atoms with Gasteiger partial charge in [-0.1, -0.05) is 18.2 Å². The van der Waals surface area contributed by atoms with Crippen LogP contribution in [0.25, 0.3) is 10.2 Å². The van der Waals surface area contributed by atoms with Gasteiger partial charge in [0.05, 0.1) is 15.1 Å². The second-order valence-electron chi connectivity index (χ2n) is 5.70. The predicted molar refractivity (Wildman–Crippen MR) is 98.8 cm³/mol. The number of aromatic nitrogens is 3. The SMILES string of the molecule is O=C(Nc1ccc(Cc2cccc(F)c2)cn1)c1cc2ncncc2s1. The Kier molecular flexibility index (Phi) is 4.37. The van der Waals surface area contributed by atoms with Gasteiger partial charge in [0.2, 0.25) is 0 Å². The van der Waals surface area contributed by atoms with Crippen molar-refractivity contribution >= 4 is 33.3 Å². The summed E-state index contributed by atoms with van der Waals surface area (Å²) in [5, 5.41) is 2.77. The molecule has 0 aliphatic carbocycles. The number of rotatable bonds is 4. The summed E-state index contributed by atoms with van der Waals surface area (Å²) < 4.78 is 14.1. The zero-order valence-corrected chi connectivity index (χ0v) is 14.3. The van der Waals surface area contributed by atoms with Crippen molar-refractivity contribution in [1.82, 2.24) is 15.0 Å². The van der Waals surface area contributed by atoms with Gasteiger partial charge in [-0.25, -0.2) is 19.3 Å². The highest BCUT2D eigenvalue weighted by molar-refractivity contribution is 7.20. The summed E-state index contributed by atoms with van der Waals surface area (Å²) in [6.45, 7) is 0. The van der Waals surface area contributed by atoms with Crippen LogP contribution in [-0.2, 0) is 6.42 Å². The van der Waals surface area contributed by atoms with Gasteiger partial charge < -0.3 is 5.32 Å². The number of carbonyl (C=O) groups is 1. The molecule has 0 bridgehead atoms. The minimum absolute atomic E-state index is 0.238. The lowest BCUT2D eigenvalue weighted by Gasteiger charge is -2.05. The number of nitrogens with zero attached hydrogens (tertiary/aromatic N) is 3. The molecule has 5 nitrogen and oxygen atoms in total. The molecule has 1 amide bonds. The Bertz CT molecular complexity index is 1050. The molecule has 26 heavy (non-hydrogen) atoms. The van der Waals surface area contributed by atoms with E-state index in [9.17, 15) is 9.18 Å². The molecule has 0 fully saturated rings. The van der Waals surface area contributed by atoms with Crippen LogP contribution in [0.15, 0.2) is 61.2 Å². The minimum atomic E-state index is -0.257. The van der Waals surface area contributed by atoms with Crippen LogP contribution in [0.2, 0.25) is 0 Å². The highest BCUT2D eigenvalue weighted by Gasteiger charge is 2.12. The van der Waals surface area contributed by atoms with Crippen molar-refractivity contribution in [2.24, 2.45) is 0 Å². The molecule has 0 aliphatic heterocycles. The number of hydrogen-bond donors (Lipinski definition) is 1. The van der Waals surface area contributed by atoms with E-state index in [0.29, 0.717) is 17.1 Å². The van der Waals surface area contributed by atoms with E-state index >= 15 is 0 Å². The van der Waals surface area contributed by atoms with Gasteiger partial charge in [-0.15, -0.1) is 11.3 Å². The minimum Gasteiger partial charge on any atom is -0.306 e. The first-order valence-corrected chi connectivity index (χ1v) is 8.69. The van der Waals surface area contributed by atoms with Gasteiger partial charge in [-0.2, -0.15) is 0 Å². The fourth-order valence-electron chi connectivity index (χ4n) is 2.56. The van der Waals surface area contributed by atoms with Crippen LogP contribution in [0, 0.1) is 5.82 Å². The van der Waals surface area contributed by atoms with E-state index in [-0.39, 0.29) is 11.7 Å². The van der Waals surface area contributed by atoms with Crippen LogP contribution in [-0.4, -0.2) is 20.9 Å². The zero-order chi connectivity index (χ0) is 17.9. The molecule has 0 atom stereocenters. The third-order valence-electron chi connectivity index (χ3n) is 3.78. The van der Waals surface area contributed by atoms with E-state index in [4.69, 9.17) is 0 Å². The van der Waals surface area contributed by atoms with Crippen molar-refractivity contribution in [3.8, 4) is 0 Å². The van der Waals surface area contributed by atoms with Crippen molar-refractivity contribution in [3.63, 3.8) is 0 Å². The molecule has 0 unspecified atom stereocenters. The number of pyridine rings is 1. The van der Waals surface area contributed by atoms with Crippen LogP contribution >= 0.6 is 11.3 Å². The third kappa shape index (κ3) is 3.57. The van der Waals surface area contributed by atoms with E-state index < -0.39 is 0 Å². The molecule has 0 saturated carbocycles. The number of carbonyl (C=O) groups excluding carboxylic acids is 1. The quantitative estimate of drug-likeness (QED) is 0.593.